The summed E-state index contributed by atoms with van der Waals surface area (Å²) >= 11 is 5.17. The van der Waals surface area contributed by atoms with Crippen molar-refractivity contribution in [2.75, 3.05) is 23.3 Å². The van der Waals surface area contributed by atoms with Crippen LogP contribution in [0.5, 0.6) is 0 Å². The van der Waals surface area contributed by atoms with E-state index in [0.717, 1.165) is 31.4 Å². The fourth-order valence-electron chi connectivity index (χ4n) is 2.92. The van der Waals surface area contributed by atoms with Crippen LogP contribution < -0.4 is 15.5 Å². The summed E-state index contributed by atoms with van der Waals surface area (Å²) in [5.41, 5.74) is 0.291. The monoisotopic (exact) mass is 438 g/mol. The molecule has 0 radical (unpaired) electrons. The number of amides is 1. The molecule has 2 aromatic rings. The highest BCUT2D eigenvalue weighted by Crippen LogP contribution is 2.35. The van der Waals surface area contributed by atoms with Crippen LogP contribution in [0.15, 0.2) is 42.7 Å². The third-order valence-electron chi connectivity index (χ3n) is 4.48. The topological polar surface area (TPSA) is 57.3 Å². The molecule has 9 heteroatoms. The van der Waals surface area contributed by atoms with Crippen LogP contribution in [0.2, 0.25) is 0 Å². The first-order valence-electron chi connectivity index (χ1n) is 9.74. The summed E-state index contributed by atoms with van der Waals surface area (Å²) in [7, 11) is 0. The number of thiocarbonyl (C=S) groups is 1. The van der Waals surface area contributed by atoms with Crippen molar-refractivity contribution in [1.82, 2.24) is 10.3 Å². The molecule has 30 heavy (non-hydrogen) atoms. The lowest BCUT2D eigenvalue weighted by Gasteiger charge is -2.27. The van der Waals surface area contributed by atoms with Crippen molar-refractivity contribution in [2.24, 2.45) is 0 Å². The molecule has 0 unspecified atom stereocenters. The average Bonchev–Trinajstić information content (AvgIpc) is 2.71. The number of hydrogen-bond donors (Lipinski definition) is 2. The number of alkyl halides is 3. The molecule has 1 amide bonds. The van der Waals surface area contributed by atoms with E-state index in [0.29, 0.717) is 24.3 Å². The zero-order valence-corrected chi connectivity index (χ0v) is 17.7. The Labute approximate surface area is 179 Å². The van der Waals surface area contributed by atoms with E-state index in [1.165, 1.54) is 18.5 Å². The number of benzene rings is 1. The lowest BCUT2D eigenvalue weighted by Crippen LogP contribution is -2.35. The number of anilines is 2. The van der Waals surface area contributed by atoms with Gasteiger partial charge in [-0.25, -0.2) is 0 Å². The van der Waals surface area contributed by atoms with Crippen molar-refractivity contribution in [3.8, 4) is 0 Å². The fraction of sp³-hybridized carbons (Fsp3) is 0.381. The molecule has 0 bridgehead atoms. The van der Waals surface area contributed by atoms with Crippen LogP contribution in [-0.2, 0) is 6.18 Å². The number of carbonyl (C=O) groups is 1. The lowest BCUT2D eigenvalue weighted by molar-refractivity contribution is -0.137. The van der Waals surface area contributed by atoms with Crippen LogP contribution in [0.3, 0.4) is 0 Å². The Morgan fingerprint density at radius 1 is 1.20 bits per heavy atom. The normalized spacial score (nSPS) is 11.1. The van der Waals surface area contributed by atoms with Gasteiger partial charge in [-0.1, -0.05) is 19.8 Å². The molecule has 1 aromatic heterocycles. The first kappa shape index (κ1) is 23.6. The van der Waals surface area contributed by atoms with Gasteiger partial charge in [0.25, 0.3) is 5.91 Å². The Balaban J connectivity index is 2.25. The van der Waals surface area contributed by atoms with E-state index >= 15 is 0 Å². The molecule has 2 N–H and O–H groups in total. The van der Waals surface area contributed by atoms with E-state index in [2.05, 4.69) is 22.5 Å². The highest BCUT2D eigenvalue weighted by Gasteiger charge is 2.31. The van der Waals surface area contributed by atoms with Crippen LogP contribution in [0.1, 0.15) is 49.0 Å². The van der Waals surface area contributed by atoms with Crippen LogP contribution in [0, 0.1) is 0 Å². The minimum Gasteiger partial charge on any atom is -0.370 e. The smallest absolute Gasteiger partial charge is 0.370 e. The molecule has 0 aliphatic heterocycles. The number of nitrogens with zero attached hydrogens (tertiary/aromatic N) is 2. The molecule has 1 heterocycles. The molecule has 2 rings (SSSR count). The zero-order valence-electron chi connectivity index (χ0n) is 16.9. The standard InChI is InChI=1S/C21H25F3N4OS/c1-3-5-6-12-28(4-2)18-10-9-16(21(22,23)24)13-17(18)26-20(30)27-19(29)15-8-7-11-25-14-15/h7-11,13-14H,3-6,12H2,1-2H3,(H2,26,27,29,30). The predicted octanol–water partition coefficient (Wildman–Crippen LogP) is 5.24. The Morgan fingerprint density at radius 3 is 2.57 bits per heavy atom. The average molecular weight is 439 g/mol. The van der Waals surface area contributed by atoms with E-state index in [1.807, 2.05) is 11.8 Å². The van der Waals surface area contributed by atoms with Crippen LogP contribution >= 0.6 is 12.2 Å². The number of rotatable bonds is 8. The van der Waals surface area contributed by atoms with Crippen molar-refractivity contribution in [3.05, 3.63) is 53.9 Å². The molecule has 0 atom stereocenters. The molecule has 0 aliphatic rings. The van der Waals surface area contributed by atoms with Gasteiger partial charge >= 0.3 is 6.18 Å². The molecular formula is C21H25F3N4OS. The molecule has 0 fully saturated rings. The Morgan fingerprint density at radius 2 is 1.97 bits per heavy atom. The maximum atomic E-state index is 13.2. The number of pyridine rings is 1. The maximum absolute atomic E-state index is 13.2. The van der Waals surface area contributed by atoms with Crippen molar-refractivity contribution >= 4 is 34.6 Å². The first-order valence-corrected chi connectivity index (χ1v) is 10.2. The van der Waals surface area contributed by atoms with Gasteiger partial charge in [-0.2, -0.15) is 13.2 Å². The van der Waals surface area contributed by atoms with Crippen LogP contribution in [-0.4, -0.2) is 29.1 Å². The summed E-state index contributed by atoms with van der Waals surface area (Å²) in [6.07, 6.45) is 1.40. The SMILES string of the molecule is CCCCCN(CC)c1ccc(C(F)(F)F)cc1NC(=S)NC(=O)c1cccnc1. The number of hydrogen-bond acceptors (Lipinski definition) is 4. The number of nitrogens with one attached hydrogen (secondary N) is 2. The summed E-state index contributed by atoms with van der Waals surface area (Å²) in [5.74, 6) is -0.496. The van der Waals surface area contributed by atoms with Gasteiger partial charge in [0.15, 0.2) is 5.11 Å². The number of aromatic nitrogens is 1. The number of unbranched alkanes of at least 4 members (excludes halogenated alkanes) is 2. The molecule has 162 valence electrons. The van der Waals surface area contributed by atoms with Crippen molar-refractivity contribution < 1.29 is 18.0 Å². The van der Waals surface area contributed by atoms with E-state index in [1.54, 1.807) is 12.1 Å². The Hall–Kier alpha value is -2.68. The van der Waals surface area contributed by atoms with Crippen molar-refractivity contribution in [3.63, 3.8) is 0 Å². The summed E-state index contributed by atoms with van der Waals surface area (Å²) in [5, 5.41) is 5.16. The van der Waals surface area contributed by atoms with Gasteiger partial charge in [-0.15, -0.1) is 0 Å². The molecular weight excluding hydrogens is 413 g/mol. The third-order valence-corrected chi connectivity index (χ3v) is 4.68. The minimum atomic E-state index is -4.49. The molecule has 0 spiro atoms. The van der Waals surface area contributed by atoms with Gasteiger partial charge in [-0.3, -0.25) is 15.1 Å². The predicted molar refractivity (Wildman–Crippen MR) is 117 cm³/mol. The first-order chi connectivity index (χ1) is 14.3. The van der Waals surface area contributed by atoms with E-state index < -0.39 is 17.6 Å². The van der Waals surface area contributed by atoms with E-state index in [-0.39, 0.29) is 10.8 Å². The van der Waals surface area contributed by atoms with Crippen molar-refractivity contribution in [1.29, 1.82) is 0 Å². The fourth-order valence-corrected chi connectivity index (χ4v) is 3.12. The highest BCUT2D eigenvalue weighted by atomic mass is 32.1. The second-order valence-corrected chi connectivity index (χ2v) is 7.07. The minimum absolute atomic E-state index is 0.0889. The summed E-state index contributed by atoms with van der Waals surface area (Å²) in [4.78, 5) is 18.1. The van der Waals surface area contributed by atoms with Gasteiger partial charge < -0.3 is 10.2 Å². The van der Waals surface area contributed by atoms with E-state index in [9.17, 15) is 18.0 Å². The summed E-state index contributed by atoms with van der Waals surface area (Å²) in [6.45, 7) is 5.36. The number of halogens is 3. The second kappa shape index (κ2) is 10.9. The van der Waals surface area contributed by atoms with Crippen LogP contribution in [0.25, 0.3) is 0 Å². The largest absolute Gasteiger partial charge is 0.416 e. The zero-order chi connectivity index (χ0) is 22.1. The second-order valence-electron chi connectivity index (χ2n) is 6.67. The van der Waals surface area contributed by atoms with E-state index in [4.69, 9.17) is 12.2 Å². The molecule has 0 saturated carbocycles. The summed E-state index contributed by atoms with van der Waals surface area (Å²) in [6, 6.07) is 6.67. The van der Waals surface area contributed by atoms with Crippen LogP contribution in [0.4, 0.5) is 24.5 Å². The molecule has 0 saturated heterocycles. The van der Waals surface area contributed by atoms with Gasteiger partial charge in [0.2, 0.25) is 0 Å². The van der Waals surface area contributed by atoms with Gasteiger partial charge in [0.05, 0.1) is 22.5 Å². The molecule has 5 nitrogen and oxygen atoms in total. The molecule has 1 aromatic carbocycles. The van der Waals surface area contributed by atoms with Gasteiger partial charge in [0.1, 0.15) is 0 Å². The van der Waals surface area contributed by atoms with Crippen molar-refractivity contribution in [2.45, 2.75) is 39.3 Å². The Bertz CT molecular complexity index is 859. The maximum Gasteiger partial charge on any atom is 0.416 e. The molecule has 0 aliphatic carbocycles. The highest BCUT2D eigenvalue weighted by molar-refractivity contribution is 7.80. The third kappa shape index (κ3) is 6.69. The lowest BCUT2D eigenvalue weighted by atomic mass is 10.1. The summed E-state index contributed by atoms with van der Waals surface area (Å²) < 4.78 is 39.7. The van der Waals surface area contributed by atoms with Gasteiger partial charge in [-0.05, 0) is 55.9 Å². The van der Waals surface area contributed by atoms with Gasteiger partial charge in [0, 0.05) is 25.5 Å². The quantitative estimate of drug-likeness (QED) is 0.436. The Kier molecular flexibility index (Phi) is 8.58. The number of carbonyl (C=O) groups excluding carboxylic acids is 1.